The van der Waals surface area contributed by atoms with Gasteiger partial charge >= 0.3 is 0 Å². The van der Waals surface area contributed by atoms with Crippen LogP contribution in [-0.4, -0.2) is 40.3 Å². The van der Waals surface area contributed by atoms with Crippen LogP contribution < -0.4 is 5.73 Å². The number of hydrogen-bond acceptors (Lipinski definition) is 4. The zero-order valence-corrected chi connectivity index (χ0v) is 13.4. The van der Waals surface area contributed by atoms with Gasteiger partial charge in [0.05, 0.1) is 29.0 Å². The first kappa shape index (κ1) is 15.2. The molecule has 2 aromatic heterocycles. The Morgan fingerprint density at radius 1 is 1.40 bits per heavy atom. The highest BCUT2D eigenvalue weighted by Crippen LogP contribution is 2.24. The van der Waals surface area contributed by atoms with Gasteiger partial charge in [-0.25, -0.2) is 0 Å². The van der Waals surface area contributed by atoms with Gasteiger partial charge in [-0.1, -0.05) is 6.07 Å². The maximum atomic E-state index is 6.34. The Bertz CT molecular complexity index is 538. The molecule has 0 radical (unpaired) electrons. The minimum Gasteiger partial charge on any atom is -0.322 e. The van der Waals surface area contributed by atoms with E-state index in [9.17, 15) is 0 Å². The summed E-state index contributed by atoms with van der Waals surface area (Å²) in [7, 11) is 4.10. The van der Waals surface area contributed by atoms with E-state index in [1.807, 2.05) is 43.2 Å². The quantitative estimate of drug-likeness (QED) is 0.873. The van der Waals surface area contributed by atoms with E-state index in [1.165, 1.54) is 0 Å². The summed E-state index contributed by atoms with van der Waals surface area (Å²) in [5.74, 6) is 0. The summed E-state index contributed by atoms with van der Waals surface area (Å²) >= 11 is 3.54. The third-order valence-electron chi connectivity index (χ3n) is 3.10. The molecule has 0 spiro atoms. The third kappa shape index (κ3) is 3.88. The topological polar surface area (TPSA) is 60.0 Å². The van der Waals surface area contributed by atoms with Crippen molar-refractivity contribution in [1.82, 2.24) is 19.7 Å². The van der Waals surface area contributed by atoms with Crippen molar-refractivity contribution >= 4 is 15.9 Å². The normalized spacial score (nSPS) is 12.8. The van der Waals surface area contributed by atoms with Crippen LogP contribution in [0.25, 0.3) is 0 Å². The number of halogens is 1. The van der Waals surface area contributed by atoms with Crippen LogP contribution >= 0.6 is 15.9 Å². The van der Waals surface area contributed by atoms with Crippen molar-refractivity contribution in [2.75, 3.05) is 20.6 Å². The Labute approximate surface area is 127 Å². The van der Waals surface area contributed by atoms with Crippen molar-refractivity contribution < 1.29 is 0 Å². The smallest absolute Gasteiger partial charge is 0.0698 e. The van der Waals surface area contributed by atoms with Crippen LogP contribution in [0.5, 0.6) is 0 Å². The summed E-state index contributed by atoms with van der Waals surface area (Å²) in [6, 6.07) is 5.76. The van der Waals surface area contributed by atoms with Crippen molar-refractivity contribution in [2.24, 2.45) is 5.73 Å². The molecule has 0 amide bonds. The lowest BCUT2D eigenvalue weighted by atomic mass is 10.1. The van der Waals surface area contributed by atoms with Crippen LogP contribution in [0.1, 0.15) is 17.4 Å². The maximum absolute atomic E-state index is 6.34. The predicted octanol–water partition coefficient (Wildman–Crippen LogP) is 1.84. The molecule has 0 fully saturated rings. The molecule has 2 heterocycles. The summed E-state index contributed by atoms with van der Waals surface area (Å²) in [4.78, 5) is 6.46. The van der Waals surface area contributed by atoms with Crippen LogP contribution in [0.4, 0.5) is 0 Å². The van der Waals surface area contributed by atoms with Gasteiger partial charge in [0.15, 0.2) is 0 Å². The molecule has 20 heavy (non-hydrogen) atoms. The minimum atomic E-state index is -0.121. The SMILES string of the molecule is CN(C)CCn1ncc(Br)c1C(N)Cc1ccccn1. The van der Waals surface area contributed by atoms with E-state index >= 15 is 0 Å². The fraction of sp³-hybridized carbons (Fsp3) is 0.429. The lowest BCUT2D eigenvalue weighted by molar-refractivity contribution is 0.366. The fourth-order valence-corrected chi connectivity index (χ4v) is 2.64. The molecule has 0 saturated heterocycles. The molecule has 0 aliphatic rings. The second-order valence-corrected chi connectivity index (χ2v) is 5.89. The van der Waals surface area contributed by atoms with Crippen molar-refractivity contribution in [3.63, 3.8) is 0 Å². The van der Waals surface area contributed by atoms with E-state index in [0.717, 1.165) is 29.0 Å². The number of hydrogen-bond donors (Lipinski definition) is 1. The highest BCUT2D eigenvalue weighted by Gasteiger charge is 2.17. The number of rotatable bonds is 6. The Hall–Kier alpha value is -1.24. The molecule has 5 nitrogen and oxygen atoms in total. The number of pyridine rings is 1. The van der Waals surface area contributed by atoms with E-state index in [1.54, 1.807) is 6.20 Å². The van der Waals surface area contributed by atoms with Gasteiger partial charge in [-0.05, 0) is 42.2 Å². The first-order valence-electron chi connectivity index (χ1n) is 6.59. The molecule has 0 saturated carbocycles. The molecule has 1 atom stereocenters. The number of nitrogens with two attached hydrogens (primary N) is 1. The predicted molar refractivity (Wildman–Crippen MR) is 83.4 cm³/mol. The van der Waals surface area contributed by atoms with Crippen molar-refractivity contribution in [2.45, 2.75) is 19.0 Å². The molecule has 2 rings (SSSR count). The lowest BCUT2D eigenvalue weighted by Crippen LogP contribution is -2.24. The van der Waals surface area contributed by atoms with E-state index in [4.69, 9.17) is 5.73 Å². The summed E-state index contributed by atoms with van der Waals surface area (Å²) in [5, 5.41) is 4.39. The zero-order chi connectivity index (χ0) is 14.5. The van der Waals surface area contributed by atoms with E-state index in [2.05, 4.69) is 30.9 Å². The number of nitrogens with zero attached hydrogens (tertiary/aromatic N) is 4. The van der Waals surface area contributed by atoms with Crippen molar-refractivity contribution in [1.29, 1.82) is 0 Å². The van der Waals surface area contributed by atoms with E-state index in [-0.39, 0.29) is 6.04 Å². The molecule has 2 aromatic rings. The zero-order valence-electron chi connectivity index (χ0n) is 11.8. The van der Waals surface area contributed by atoms with E-state index in [0.29, 0.717) is 6.42 Å². The number of aromatic nitrogens is 3. The van der Waals surface area contributed by atoms with Gasteiger partial charge < -0.3 is 10.6 Å². The van der Waals surface area contributed by atoms with Crippen molar-refractivity contribution in [3.05, 3.63) is 46.5 Å². The Morgan fingerprint density at radius 3 is 2.85 bits per heavy atom. The molecule has 1 unspecified atom stereocenters. The second-order valence-electron chi connectivity index (χ2n) is 5.04. The van der Waals surface area contributed by atoms with E-state index < -0.39 is 0 Å². The molecule has 0 aromatic carbocycles. The Morgan fingerprint density at radius 2 is 2.20 bits per heavy atom. The summed E-state index contributed by atoms with van der Waals surface area (Å²) in [5.41, 5.74) is 8.35. The number of likely N-dealkylation sites (N-methyl/N-ethyl adjacent to an activating group) is 1. The fourth-order valence-electron chi connectivity index (χ4n) is 2.05. The van der Waals surface area contributed by atoms with Crippen LogP contribution in [0.2, 0.25) is 0 Å². The summed E-state index contributed by atoms with van der Waals surface area (Å²) in [6.07, 6.45) is 4.30. The molecule has 2 N–H and O–H groups in total. The molecule has 0 aliphatic carbocycles. The monoisotopic (exact) mass is 337 g/mol. The standard InChI is InChI=1S/C14H20BrN5/c1-19(2)7-8-20-14(12(15)10-18-20)13(16)9-11-5-3-4-6-17-11/h3-6,10,13H,7-9,16H2,1-2H3. The first-order chi connectivity index (χ1) is 9.58. The van der Waals surface area contributed by atoms with Gasteiger partial charge in [0, 0.05) is 24.9 Å². The summed E-state index contributed by atoms with van der Waals surface area (Å²) in [6.45, 7) is 1.75. The van der Waals surface area contributed by atoms with Crippen molar-refractivity contribution in [3.8, 4) is 0 Å². The highest BCUT2D eigenvalue weighted by atomic mass is 79.9. The molecule has 0 bridgehead atoms. The Balaban J connectivity index is 2.12. The molecular formula is C14H20BrN5. The third-order valence-corrected chi connectivity index (χ3v) is 3.71. The van der Waals surface area contributed by atoms with Crippen LogP contribution in [0.3, 0.4) is 0 Å². The van der Waals surface area contributed by atoms with Gasteiger partial charge in [0.2, 0.25) is 0 Å². The van der Waals surface area contributed by atoms with Gasteiger partial charge in [0.1, 0.15) is 0 Å². The molecule has 108 valence electrons. The summed E-state index contributed by atoms with van der Waals surface area (Å²) < 4.78 is 2.93. The largest absolute Gasteiger partial charge is 0.322 e. The molecule has 6 heteroatoms. The van der Waals surface area contributed by atoms with Gasteiger partial charge in [-0.2, -0.15) is 5.10 Å². The average molecular weight is 338 g/mol. The van der Waals surface area contributed by atoms with Crippen LogP contribution in [-0.2, 0) is 13.0 Å². The Kier molecular flexibility index (Phi) is 5.28. The molecule has 0 aliphatic heterocycles. The van der Waals surface area contributed by atoms with Crippen LogP contribution in [0, 0.1) is 0 Å². The van der Waals surface area contributed by atoms with Crippen LogP contribution in [0.15, 0.2) is 35.1 Å². The van der Waals surface area contributed by atoms with Gasteiger partial charge in [-0.15, -0.1) is 0 Å². The lowest BCUT2D eigenvalue weighted by Gasteiger charge is -2.16. The highest BCUT2D eigenvalue weighted by molar-refractivity contribution is 9.10. The first-order valence-corrected chi connectivity index (χ1v) is 7.38. The second kappa shape index (κ2) is 6.97. The minimum absolute atomic E-state index is 0.121. The molecular weight excluding hydrogens is 318 g/mol. The van der Waals surface area contributed by atoms with Gasteiger partial charge in [-0.3, -0.25) is 9.67 Å². The average Bonchev–Trinajstić information content (AvgIpc) is 2.78. The maximum Gasteiger partial charge on any atom is 0.0698 e. The van der Waals surface area contributed by atoms with Gasteiger partial charge in [0.25, 0.3) is 0 Å².